The first-order valence-electron chi connectivity index (χ1n) is 10.5. The second-order valence-corrected chi connectivity index (χ2v) is 8.61. The van der Waals surface area contributed by atoms with Gasteiger partial charge in [-0.3, -0.25) is 29.4 Å². The van der Waals surface area contributed by atoms with E-state index in [0.717, 1.165) is 24.2 Å². The smallest absolute Gasteiger partial charge is 0.255 e. The van der Waals surface area contributed by atoms with Crippen LogP contribution < -0.4 is 11.1 Å². The van der Waals surface area contributed by atoms with Gasteiger partial charge < -0.3 is 15.5 Å². The molecule has 1 aromatic rings. The highest BCUT2D eigenvalue weighted by Crippen LogP contribution is 2.31. The van der Waals surface area contributed by atoms with Gasteiger partial charge in [0.25, 0.3) is 5.91 Å². The molecule has 4 aliphatic rings. The van der Waals surface area contributed by atoms with Crippen LogP contribution in [0.3, 0.4) is 0 Å². The number of piperazine rings is 1. The third kappa shape index (κ3) is 3.09. The molecule has 0 bridgehead atoms. The lowest BCUT2D eigenvalue weighted by molar-refractivity contribution is -0.137. The molecule has 0 radical (unpaired) electrons. The van der Waals surface area contributed by atoms with Crippen molar-refractivity contribution in [2.45, 2.75) is 50.5 Å². The molecule has 3 atom stereocenters. The Labute approximate surface area is 174 Å². The normalized spacial score (nSPS) is 29.3. The van der Waals surface area contributed by atoms with E-state index in [1.54, 1.807) is 11.0 Å². The van der Waals surface area contributed by atoms with E-state index < -0.39 is 18.0 Å². The predicted octanol–water partition coefficient (Wildman–Crippen LogP) is -0.809. The Kier molecular flexibility index (Phi) is 4.59. The Hall–Kier alpha value is -2.78. The van der Waals surface area contributed by atoms with Crippen molar-refractivity contribution < 1.29 is 19.2 Å². The van der Waals surface area contributed by atoms with Crippen LogP contribution in [0, 0.1) is 0 Å². The summed E-state index contributed by atoms with van der Waals surface area (Å²) in [6.45, 7) is 3.28. The van der Waals surface area contributed by atoms with Gasteiger partial charge in [-0.05, 0) is 30.0 Å². The summed E-state index contributed by atoms with van der Waals surface area (Å²) in [6.07, 6.45) is 1.29. The van der Waals surface area contributed by atoms with Crippen molar-refractivity contribution in [2.75, 3.05) is 19.6 Å². The zero-order valence-electron chi connectivity index (χ0n) is 16.7. The summed E-state index contributed by atoms with van der Waals surface area (Å²) in [5, 5.41) is 2.34. The number of hydrogen-bond acceptors (Lipinski definition) is 6. The summed E-state index contributed by atoms with van der Waals surface area (Å²) >= 11 is 0. The van der Waals surface area contributed by atoms with Gasteiger partial charge in [-0.15, -0.1) is 0 Å². The highest BCUT2D eigenvalue weighted by atomic mass is 16.2. The lowest BCUT2D eigenvalue weighted by Crippen LogP contribution is -2.52. The summed E-state index contributed by atoms with van der Waals surface area (Å²) in [6, 6.07) is 4.86. The molecule has 9 nitrogen and oxygen atoms in total. The number of nitrogens with zero attached hydrogens (tertiary/aromatic N) is 3. The first-order chi connectivity index (χ1) is 14.4. The minimum atomic E-state index is -0.606. The van der Waals surface area contributed by atoms with Crippen molar-refractivity contribution in [1.29, 1.82) is 0 Å². The van der Waals surface area contributed by atoms with Gasteiger partial charge in [0.15, 0.2) is 0 Å². The maximum Gasteiger partial charge on any atom is 0.255 e. The van der Waals surface area contributed by atoms with Crippen LogP contribution in [0.15, 0.2) is 18.2 Å². The first kappa shape index (κ1) is 19.2. The standard InChI is InChI=1S/C21H25N5O4/c22-16-8-13-10-24(6-7-25(13)21(16)30)9-12-2-1-3-14-15(12)11-26(20(14)29)17-4-5-18(27)23-19(17)28/h1-3,13,16-17H,4-11,22H2,(H,23,27,28). The summed E-state index contributed by atoms with van der Waals surface area (Å²) < 4.78 is 0. The van der Waals surface area contributed by atoms with E-state index >= 15 is 0 Å². The maximum atomic E-state index is 13.0. The summed E-state index contributed by atoms with van der Waals surface area (Å²) in [5.41, 5.74) is 8.58. The van der Waals surface area contributed by atoms with Gasteiger partial charge in [0, 0.05) is 50.7 Å². The zero-order valence-corrected chi connectivity index (χ0v) is 16.7. The Morgan fingerprint density at radius 1 is 1.10 bits per heavy atom. The average Bonchev–Trinajstić information content (AvgIpc) is 3.19. The number of carbonyl (C=O) groups excluding carboxylic acids is 4. The zero-order chi connectivity index (χ0) is 21.0. The molecule has 1 aromatic carbocycles. The van der Waals surface area contributed by atoms with Crippen LogP contribution in [-0.2, 0) is 27.5 Å². The topological polar surface area (TPSA) is 116 Å². The molecule has 5 rings (SSSR count). The fraction of sp³-hybridized carbons (Fsp3) is 0.524. The van der Waals surface area contributed by atoms with Gasteiger partial charge in [-0.25, -0.2) is 0 Å². The van der Waals surface area contributed by atoms with E-state index in [1.807, 2.05) is 17.0 Å². The minimum absolute atomic E-state index is 0.0470. The van der Waals surface area contributed by atoms with Crippen LogP contribution in [-0.4, -0.2) is 76.1 Å². The first-order valence-corrected chi connectivity index (χ1v) is 10.5. The molecule has 0 aliphatic carbocycles. The molecular formula is C21H25N5O4. The van der Waals surface area contributed by atoms with Gasteiger partial charge in [-0.1, -0.05) is 12.1 Å². The number of fused-ring (bicyclic) bond motifs is 2. The molecule has 3 fully saturated rings. The van der Waals surface area contributed by atoms with E-state index in [2.05, 4.69) is 10.2 Å². The molecule has 3 N–H and O–H groups in total. The third-order valence-electron chi connectivity index (χ3n) is 6.77. The van der Waals surface area contributed by atoms with Crippen LogP contribution in [0.1, 0.15) is 40.7 Å². The number of rotatable bonds is 3. The summed E-state index contributed by atoms with van der Waals surface area (Å²) in [4.78, 5) is 54.6. The highest BCUT2D eigenvalue weighted by Gasteiger charge is 2.42. The van der Waals surface area contributed by atoms with Crippen LogP contribution >= 0.6 is 0 Å². The SMILES string of the molecule is NC1CC2CN(Cc3cccc4c3CN(C3CCC(=O)NC3=O)C4=O)CCN2C1=O. The molecule has 3 saturated heterocycles. The Morgan fingerprint density at radius 2 is 1.93 bits per heavy atom. The second-order valence-electron chi connectivity index (χ2n) is 8.61. The second kappa shape index (κ2) is 7.17. The molecular weight excluding hydrogens is 386 g/mol. The number of amides is 4. The lowest BCUT2D eigenvalue weighted by atomic mass is 10.0. The molecule has 4 heterocycles. The number of carbonyl (C=O) groups is 4. The van der Waals surface area contributed by atoms with Gasteiger partial charge >= 0.3 is 0 Å². The van der Waals surface area contributed by atoms with Gasteiger partial charge in [0.2, 0.25) is 17.7 Å². The van der Waals surface area contributed by atoms with Crippen molar-refractivity contribution >= 4 is 23.6 Å². The molecule has 30 heavy (non-hydrogen) atoms. The minimum Gasteiger partial charge on any atom is -0.336 e. The molecule has 4 amide bonds. The largest absolute Gasteiger partial charge is 0.336 e. The lowest BCUT2D eigenvalue weighted by Gasteiger charge is -2.37. The Balaban J connectivity index is 1.32. The fourth-order valence-electron chi connectivity index (χ4n) is 5.20. The van der Waals surface area contributed by atoms with E-state index in [9.17, 15) is 19.2 Å². The highest BCUT2D eigenvalue weighted by molar-refractivity contribution is 6.05. The number of nitrogens with one attached hydrogen (secondary N) is 1. The van der Waals surface area contributed by atoms with Crippen LogP contribution in [0.5, 0.6) is 0 Å². The summed E-state index contributed by atoms with van der Waals surface area (Å²) in [5.74, 6) is -0.790. The Morgan fingerprint density at radius 3 is 2.73 bits per heavy atom. The molecule has 4 aliphatic heterocycles. The number of piperidine rings is 1. The van der Waals surface area contributed by atoms with Crippen molar-refractivity contribution in [3.8, 4) is 0 Å². The Bertz CT molecular complexity index is 947. The molecule has 0 spiro atoms. The number of benzene rings is 1. The number of imide groups is 1. The monoisotopic (exact) mass is 411 g/mol. The maximum absolute atomic E-state index is 13.0. The predicted molar refractivity (Wildman–Crippen MR) is 106 cm³/mol. The average molecular weight is 411 g/mol. The van der Waals surface area contributed by atoms with Crippen LogP contribution in [0.2, 0.25) is 0 Å². The molecule has 0 aromatic heterocycles. The fourth-order valence-corrected chi connectivity index (χ4v) is 5.20. The molecule has 3 unspecified atom stereocenters. The van der Waals surface area contributed by atoms with E-state index in [4.69, 9.17) is 5.73 Å². The van der Waals surface area contributed by atoms with Crippen molar-refractivity contribution in [3.63, 3.8) is 0 Å². The summed E-state index contributed by atoms with van der Waals surface area (Å²) in [7, 11) is 0. The molecule has 158 valence electrons. The van der Waals surface area contributed by atoms with E-state index in [0.29, 0.717) is 38.0 Å². The van der Waals surface area contributed by atoms with Gasteiger partial charge in [0.1, 0.15) is 6.04 Å². The van der Waals surface area contributed by atoms with Crippen LogP contribution in [0.25, 0.3) is 0 Å². The van der Waals surface area contributed by atoms with Crippen LogP contribution in [0.4, 0.5) is 0 Å². The third-order valence-corrected chi connectivity index (χ3v) is 6.77. The number of hydrogen-bond donors (Lipinski definition) is 2. The van der Waals surface area contributed by atoms with Crippen molar-refractivity contribution in [3.05, 3.63) is 34.9 Å². The van der Waals surface area contributed by atoms with Gasteiger partial charge in [0.05, 0.1) is 6.04 Å². The van der Waals surface area contributed by atoms with Crippen molar-refractivity contribution in [2.24, 2.45) is 5.73 Å². The van der Waals surface area contributed by atoms with E-state index in [1.165, 1.54) is 0 Å². The van der Waals surface area contributed by atoms with E-state index in [-0.39, 0.29) is 30.2 Å². The molecule has 0 saturated carbocycles. The quantitative estimate of drug-likeness (QED) is 0.629. The molecule has 9 heteroatoms. The number of nitrogens with two attached hydrogens (primary N) is 1. The van der Waals surface area contributed by atoms with Crippen molar-refractivity contribution in [1.82, 2.24) is 20.0 Å². The van der Waals surface area contributed by atoms with Gasteiger partial charge in [-0.2, -0.15) is 0 Å².